The molecular formula is C11H14N2O3. The van der Waals surface area contributed by atoms with Crippen LogP contribution in [0.5, 0.6) is 0 Å². The number of ketones is 1. The summed E-state index contributed by atoms with van der Waals surface area (Å²) in [6.07, 6.45) is 0. The zero-order chi connectivity index (χ0) is 12.3. The summed E-state index contributed by atoms with van der Waals surface area (Å²) in [7, 11) is 1.18. The zero-order valence-electron chi connectivity index (χ0n) is 9.19. The van der Waals surface area contributed by atoms with Gasteiger partial charge in [-0.3, -0.25) is 4.79 Å². The van der Waals surface area contributed by atoms with Gasteiger partial charge in [0.2, 0.25) is 0 Å². The predicted molar refractivity (Wildman–Crippen MR) is 59.4 cm³/mol. The van der Waals surface area contributed by atoms with E-state index in [1.54, 1.807) is 18.2 Å². The lowest BCUT2D eigenvalue weighted by atomic mass is 9.87. The molecule has 0 saturated heterocycles. The molecule has 0 saturated carbocycles. The number of nitrogens with two attached hydrogens (primary N) is 2. The van der Waals surface area contributed by atoms with Gasteiger partial charge in [-0.25, -0.2) is 4.79 Å². The van der Waals surface area contributed by atoms with Gasteiger partial charge in [-0.05, 0) is 24.6 Å². The van der Waals surface area contributed by atoms with Gasteiger partial charge in [0.15, 0.2) is 11.3 Å². The number of ether oxygens (including phenoxy) is 1. The molecule has 0 radical (unpaired) electrons. The van der Waals surface area contributed by atoms with Gasteiger partial charge in [0.1, 0.15) is 0 Å². The minimum absolute atomic E-state index is 0.326. The highest BCUT2D eigenvalue weighted by Crippen LogP contribution is 2.23. The molecule has 16 heavy (non-hydrogen) atoms. The summed E-state index contributed by atoms with van der Waals surface area (Å²) in [5.74, 6) is -1.30. The van der Waals surface area contributed by atoms with Gasteiger partial charge in [0.25, 0.3) is 0 Å². The number of nitrogen functional groups attached to an aromatic ring is 1. The van der Waals surface area contributed by atoms with Gasteiger partial charge in [-0.15, -0.1) is 0 Å². The van der Waals surface area contributed by atoms with E-state index in [1.807, 2.05) is 0 Å². The van der Waals surface area contributed by atoms with Gasteiger partial charge in [0, 0.05) is 5.69 Å². The molecule has 5 nitrogen and oxygen atoms in total. The maximum Gasteiger partial charge on any atom is 0.338 e. The number of hydrogen-bond donors (Lipinski definition) is 2. The predicted octanol–water partition coefficient (Wildman–Crippen LogP) is 0.185. The van der Waals surface area contributed by atoms with Gasteiger partial charge >= 0.3 is 5.97 Å². The minimum Gasteiger partial charge on any atom is -0.467 e. The Morgan fingerprint density at radius 2 is 2.00 bits per heavy atom. The molecule has 0 heterocycles. The number of Topliss-reactive ketones (excluding diaryl/α,β-unsaturated/α-hetero) is 1. The van der Waals surface area contributed by atoms with Gasteiger partial charge < -0.3 is 16.2 Å². The van der Waals surface area contributed by atoms with Crippen molar-refractivity contribution >= 4 is 17.4 Å². The smallest absolute Gasteiger partial charge is 0.338 e. The average Bonchev–Trinajstić information content (AvgIpc) is 2.26. The lowest BCUT2D eigenvalue weighted by molar-refractivity contribution is -0.151. The summed E-state index contributed by atoms with van der Waals surface area (Å²) in [4.78, 5) is 23.1. The Morgan fingerprint density at radius 1 is 1.38 bits per heavy atom. The fourth-order valence-electron chi connectivity index (χ4n) is 1.41. The number of hydrogen-bond acceptors (Lipinski definition) is 5. The van der Waals surface area contributed by atoms with E-state index >= 15 is 0 Å². The second-order valence-corrected chi connectivity index (χ2v) is 3.48. The number of esters is 1. The number of benzene rings is 1. The molecule has 0 spiro atoms. The molecule has 1 atom stereocenters. The average molecular weight is 222 g/mol. The summed E-state index contributed by atoms with van der Waals surface area (Å²) in [6.45, 7) is 1.24. The van der Waals surface area contributed by atoms with Crippen LogP contribution in [0.25, 0.3) is 0 Å². The van der Waals surface area contributed by atoms with Gasteiger partial charge in [-0.1, -0.05) is 12.1 Å². The molecule has 0 amide bonds. The van der Waals surface area contributed by atoms with Crippen LogP contribution in [0.2, 0.25) is 0 Å². The number of methoxy groups -OCH3 is 1. The minimum atomic E-state index is -1.79. The summed E-state index contributed by atoms with van der Waals surface area (Å²) < 4.78 is 4.55. The highest BCUT2D eigenvalue weighted by molar-refractivity contribution is 6.08. The van der Waals surface area contributed by atoms with Gasteiger partial charge in [-0.2, -0.15) is 0 Å². The Kier molecular flexibility index (Phi) is 3.29. The second kappa shape index (κ2) is 4.32. The number of carbonyl (C=O) groups is 2. The zero-order valence-corrected chi connectivity index (χ0v) is 9.19. The van der Waals surface area contributed by atoms with Crippen molar-refractivity contribution < 1.29 is 14.3 Å². The Balaban J connectivity index is 3.33. The maximum absolute atomic E-state index is 11.6. The van der Waals surface area contributed by atoms with Crippen molar-refractivity contribution in [3.8, 4) is 0 Å². The van der Waals surface area contributed by atoms with Crippen LogP contribution in [0.15, 0.2) is 24.3 Å². The summed E-state index contributed by atoms with van der Waals surface area (Å²) in [5.41, 5.74) is 10.3. The van der Waals surface area contributed by atoms with E-state index in [2.05, 4.69) is 4.74 Å². The monoisotopic (exact) mass is 222 g/mol. The largest absolute Gasteiger partial charge is 0.467 e. The maximum atomic E-state index is 11.6. The highest BCUT2D eigenvalue weighted by atomic mass is 16.5. The van der Waals surface area contributed by atoms with Crippen LogP contribution >= 0.6 is 0 Å². The van der Waals surface area contributed by atoms with Gasteiger partial charge in [0.05, 0.1) is 7.11 Å². The molecule has 1 rings (SSSR count). The molecule has 5 heteroatoms. The lowest BCUT2D eigenvalue weighted by Gasteiger charge is -2.24. The number of carbonyl (C=O) groups excluding carboxylic acids is 2. The van der Waals surface area contributed by atoms with Crippen molar-refractivity contribution in [1.82, 2.24) is 0 Å². The quantitative estimate of drug-likeness (QED) is 0.432. The van der Waals surface area contributed by atoms with E-state index in [9.17, 15) is 9.59 Å². The van der Waals surface area contributed by atoms with Crippen LogP contribution in [0.1, 0.15) is 12.5 Å². The van der Waals surface area contributed by atoms with Crippen LogP contribution in [0.4, 0.5) is 5.69 Å². The van der Waals surface area contributed by atoms with Crippen molar-refractivity contribution in [2.45, 2.75) is 12.5 Å². The molecule has 0 bridgehead atoms. The molecule has 1 unspecified atom stereocenters. The molecule has 1 aromatic carbocycles. The van der Waals surface area contributed by atoms with E-state index in [4.69, 9.17) is 11.5 Å². The standard InChI is InChI=1S/C11H14N2O3/c1-7(14)11(13,10(15)16-2)8-4-3-5-9(12)6-8/h3-6H,12-13H2,1-2H3. The molecule has 0 aliphatic carbocycles. The molecule has 4 N–H and O–H groups in total. The first kappa shape index (κ1) is 12.2. The Labute approximate surface area is 93.4 Å². The first-order valence-electron chi connectivity index (χ1n) is 4.67. The lowest BCUT2D eigenvalue weighted by Crippen LogP contribution is -2.51. The van der Waals surface area contributed by atoms with Crippen molar-refractivity contribution in [1.29, 1.82) is 0 Å². The molecule has 1 aromatic rings. The Morgan fingerprint density at radius 3 is 2.44 bits per heavy atom. The Hall–Kier alpha value is -1.88. The SMILES string of the molecule is COC(=O)C(N)(C(C)=O)c1cccc(N)c1. The Bertz CT molecular complexity index is 431. The fraction of sp³-hybridized carbons (Fsp3) is 0.273. The van der Waals surface area contributed by atoms with E-state index in [0.717, 1.165) is 0 Å². The molecule has 0 aromatic heterocycles. The number of anilines is 1. The molecular weight excluding hydrogens is 208 g/mol. The highest BCUT2D eigenvalue weighted by Gasteiger charge is 2.42. The van der Waals surface area contributed by atoms with Crippen molar-refractivity contribution in [3.05, 3.63) is 29.8 Å². The molecule has 86 valence electrons. The normalized spacial score (nSPS) is 13.9. The topological polar surface area (TPSA) is 95.4 Å². The van der Waals surface area contributed by atoms with E-state index in [1.165, 1.54) is 20.1 Å². The van der Waals surface area contributed by atoms with Crippen LogP contribution in [-0.4, -0.2) is 18.9 Å². The third kappa shape index (κ3) is 1.90. The van der Waals surface area contributed by atoms with E-state index in [0.29, 0.717) is 11.3 Å². The summed E-state index contributed by atoms with van der Waals surface area (Å²) in [5, 5.41) is 0. The van der Waals surface area contributed by atoms with Crippen molar-refractivity contribution in [3.63, 3.8) is 0 Å². The van der Waals surface area contributed by atoms with E-state index < -0.39 is 17.3 Å². The fourth-order valence-corrected chi connectivity index (χ4v) is 1.41. The van der Waals surface area contributed by atoms with Crippen LogP contribution in [0, 0.1) is 0 Å². The molecule has 0 aliphatic heterocycles. The van der Waals surface area contributed by atoms with Crippen molar-refractivity contribution in [2.24, 2.45) is 5.73 Å². The second-order valence-electron chi connectivity index (χ2n) is 3.48. The third-order valence-corrected chi connectivity index (χ3v) is 2.40. The number of rotatable bonds is 3. The first-order chi connectivity index (χ1) is 7.42. The summed E-state index contributed by atoms with van der Waals surface area (Å²) >= 11 is 0. The summed E-state index contributed by atoms with van der Waals surface area (Å²) in [6, 6.07) is 6.31. The van der Waals surface area contributed by atoms with E-state index in [-0.39, 0.29) is 0 Å². The van der Waals surface area contributed by atoms with Crippen molar-refractivity contribution in [2.75, 3.05) is 12.8 Å². The van der Waals surface area contributed by atoms with Crippen LogP contribution in [0.3, 0.4) is 0 Å². The third-order valence-electron chi connectivity index (χ3n) is 2.40. The van der Waals surface area contributed by atoms with Crippen LogP contribution < -0.4 is 11.5 Å². The van der Waals surface area contributed by atoms with Crippen LogP contribution in [-0.2, 0) is 19.9 Å². The molecule has 0 aliphatic rings. The first-order valence-corrected chi connectivity index (χ1v) is 4.67. The molecule has 0 fully saturated rings.